The Balaban J connectivity index is 1.85. The quantitative estimate of drug-likeness (QED) is 0.657. The zero-order valence-corrected chi connectivity index (χ0v) is 9.60. The highest BCUT2D eigenvalue weighted by Gasteiger charge is 2.21. The van der Waals surface area contributed by atoms with E-state index in [4.69, 9.17) is 5.73 Å². The first kappa shape index (κ1) is 11.9. The minimum Gasteiger partial charge on any atom is -0.399 e. The second-order valence-electron chi connectivity index (χ2n) is 4.35. The van der Waals surface area contributed by atoms with E-state index in [0.29, 0.717) is 24.5 Å². The predicted molar refractivity (Wildman–Crippen MR) is 66.5 cm³/mol. The Labute approximate surface area is 100 Å². The number of benzene rings is 1. The standard InChI is InChI=1S/C12H17N3O2/c13-9-2-1-3-10(6-9)14-12(17)8-15-5-4-11(16)7-15/h1-3,6,11,16H,4-5,7-8,13H2,(H,14,17)/t11-/m1/s1. The van der Waals surface area contributed by atoms with Gasteiger partial charge in [0.1, 0.15) is 0 Å². The van der Waals surface area contributed by atoms with E-state index in [0.717, 1.165) is 13.0 Å². The molecule has 1 amide bonds. The first-order valence-corrected chi connectivity index (χ1v) is 5.69. The van der Waals surface area contributed by atoms with Crippen LogP contribution >= 0.6 is 0 Å². The minimum absolute atomic E-state index is 0.0790. The van der Waals surface area contributed by atoms with Crippen molar-refractivity contribution in [3.63, 3.8) is 0 Å². The number of nitrogen functional groups attached to an aromatic ring is 1. The van der Waals surface area contributed by atoms with Crippen LogP contribution < -0.4 is 11.1 Å². The predicted octanol–water partition coefficient (Wildman–Crippen LogP) is 0.274. The zero-order valence-electron chi connectivity index (χ0n) is 9.60. The summed E-state index contributed by atoms with van der Waals surface area (Å²) >= 11 is 0. The van der Waals surface area contributed by atoms with Crippen LogP contribution in [0.25, 0.3) is 0 Å². The molecule has 0 spiro atoms. The number of carbonyl (C=O) groups excluding carboxylic acids is 1. The van der Waals surface area contributed by atoms with Gasteiger partial charge >= 0.3 is 0 Å². The van der Waals surface area contributed by atoms with Crippen LogP contribution in [0.4, 0.5) is 11.4 Å². The van der Waals surface area contributed by atoms with Gasteiger partial charge in [-0.1, -0.05) is 6.07 Å². The van der Waals surface area contributed by atoms with Gasteiger partial charge in [0, 0.05) is 24.5 Å². The number of likely N-dealkylation sites (tertiary alicyclic amines) is 1. The van der Waals surface area contributed by atoms with Gasteiger partial charge in [0.2, 0.25) is 5.91 Å². The molecule has 92 valence electrons. The third kappa shape index (κ3) is 3.44. The number of nitrogens with two attached hydrogens (primary N) is 1. The molecule has 2 rings (SSSR count). The maximum Gasteiger partial charge on any atom is 0.238 e. The van der Waals surface area contributed by atoms with Gasteiger partial charge in [-0.2, -0.15) is 0 Å². The molecule has 0 bridgehead atoms. The molecule has 0 unspecified atom stereocenters. The summed E-state index contributed by atoms with van der Waals surface area (Å²) in [6, 6.07) is 7.08. The second kappa shape index (κ2) is 5.16. The number of anilines is 2. The fourth-order valence-electron chi connectivity index (χ4n) is 1.98. The Morgan fingerprint density at radius 3 is 3.06 bits per heavy atom. The van der Waals surface area contributed by atoms with Crippen molar-refractivity contribution in [2.45, 2.75) is 12.5 Å². The van der Waals surface area contributed by atoms with E-state index in [2.05, 4.69) is 5.32 Å². The van der Waals surface area contributed by atoms with Crippen LogP contribution in [0.5, 0.6) is 0 Å². The first-order valence-electron chi connectivity index (χ1n) is 5.69. The van der Waals surface area contributed by atoms with Crippen LogP contribution in [0, 0.1) is 0 Å². The zero-order chi connectivity index (χ0) is 12.3. The Kier molecular flexibility index (Phi) is 3.61. The third-order valence-electron chi connectivity index (χ3n) is 2.79. The number of amides is 1. The molecule has 4 N–H and O–H groups in total. The Morgan fingerprint density at radius 2 is 2.41 bits per heavy atom. The van der Waals surface area contributed by atoms with Gasteiger partial charge in [-0.25, -0.2) is 0 Å². The van der Waals surface area contributed by atoms with Crippen molar-refractivity contribution in [3.8, 4) is 0 Å². The molecule has 0 aliphatic carbocycles. The molecule has 17 heavy (non-hydrogen) atoms. The van der Waals surface area contributed by atoms with Crippen molar-refractivity contribution in [2.75, 3.05) is 30.7 Å². The number of aliphatic hydroxyl groups is 1. The molecule has 0 saturated carbocycles. The molecule has 1 aromatic rings. The van der Waals surface area contributed by atoms with E-state index in [-0.39, 0.29) is 12.0 Å². The normalized spacial score (nSPS) is 20.4. The van der Waals surface area contributed by atoms with E-state index in [1.54, 1.807) is 24.3 Å². The lowest BCUT2D eigenvalue weighted by molar-refractivity contribution is -0.117. The molecule has 1 fully saturated rings. The molecule has 1 aromatic carbocycles. The number of rotatable bonds is 3. The summed E-state index contributed by atoms with van der Waals surface area (Å²) in [4.78, 5) is 13.6. The lowest BCUT2D eigenvalue weighted by atomic mass is 10.3. The number of hydrogen-bond donors (Lipinski definition) is 3. The maximum absolute atomic E-state index is 11.7. The molecule has 0 radical (unpaired) electrons. The Hall–Kier alpha value is -1.59. The molecule has 1 atom stereocenters. The van der Waals surface area contributed by atoms with E-state index in [9.17, 15) is 9.90 Å². The van der Waals surface area contributed by atoms with Gasteiger partial charge < -0.3 is 16.2 Å². The molecule has 1 saturated heterocycles. The van der Waals surface area contributed by atoms with Crippen LogP contribution in [-0.2, 0) is 4.79 Å². The van der Waals surface area contributed by atoms with Crippen molar-refractivity contribution in [1.82, 2.24) is 4.90 Å². The maximum atomic E-state index is 11.7. The smallest absolute Gasteiger partial charge is 0.238 e. The number of nitrogens with zero attached hydrogens (tertiary/aromatic N) is 1. The fourth-order valence-corrected chi connectivity index (χ4v) is 1.98. The molecule has 5 nitrogen and oxygen atoms in total. The van der Waals surface area contributed by atoms with Gasteiger partial charge in [-0.05, 0) is 24.6 Å². The van der Waals surface area contributed by atoms with E-state index < -0.39 is 0 Å². The monoisotopic (exact) mass is 235 g/mol. The highest BCUT2D eigenvalue weighted by Crippen LogP contribution is 2.12. The van der Waals surface area contributed by atoms with Gasteiger partial charge in [0.15, 0.2) is 0 Å². The van der Waals surface area contributed by atoms with Gasteiger partial charge in [0.25, 0.3) is 0 Å². The molecule has 1 aliphatic rings. The molecule has 5 heteroatoms. The summed E-state index contributed by atoms with van der Waals surface area (Å²) in [5.41, 5.74) is 6.95. The van der Waals surface area contributed by atoms with Crippen molar-refractivity contribution >= 4 is 17.3 Å². The number of hydrogen-bond acceptors (Lipinski definition) is 4. The molecule has 1 heterocycles. The van der Waals surface area contributed by atoms with Crippen molar-refractivity contribution in [1.29, 1.82) is 0 Å². The summed E-state index contributed by atoms with van der Waals surface area (Å²) in [5.74, 6) is -0.0790. The van der Waals surface area contributed by atoms with E-state index >= 15 is 0 Å². The lowest BCUT2D eigenvalue weighted by Crippen LogP contribution is -2.32. The lowest BCUT2D eigenvalue weighted by Gasteiger charge is -2.14. The summed E-state index contributed by atoms with van der Waals surface area (Å²) in [6.07, 6.45) is 0.445. The summed E-state index contributed by atoms with van der Waals surface area (Å²) < 4.78 is 0. The van der Waals surface area contributed by atoms with Gasteiger partial charge in [0.05, 0.1) is 12.6 Å². The average Bonchev–Trinajstić information content (AvgIpc) is 2.63. The van der Waals surface area contributed by atoms with Crippen molar-refractivity contribution < 1.29 is 9.90 Å². The number of nitrogens with one attached hydrogen (secondary N) is 1. The molecule has 0 aromatic heterocycles. The fraction of sp³-hybridized carbons (Fsp3) is 0.417. The highest BCUT2D eigenvalue weighted by molar-refractivity contribution is 5.92. The van der Waals surface area contributed by atoms with E-state index in [1.807, 2.05) is 4.90 Å². The first-order chi connectivity index (χ1) is 8.13. The largest absolute Gasteiger partial charge is 0.399 e. The van der Waals surface area contributed by atoms with Gasteiger partial charge in [-0.15, -0.1) is 0 Å². The van der Waals surface area contributed by atoms with Crippen LogP contribution in [0.2, 0.25) is 0 Å². The van der Waals surface area contributed by atoms with Crippen LogP contribution in [0.1, 0.15) is 6.42 Å². The number of β-amino-alcohol motifs (C(OH)–C–C–N with tert-alkyl or cyclic N) is 1. The van der Waals surface area contributed by atoms with E-state index in [1.165, 1.54) is 0 Å². The molecular weight excluding hydrogens is 218 g/mol. The van der Waals surface area contributed by atoms with Crippen molar-refractivity contribution in [2.24, 2.45) is 0 Å². The summed E-state index contributed by atoms with van der Waals surface area (Å²) in [6.45, 7) is 1.65. The second-order valence-corrected chi connectivity index (χ2v) is 4.35. The topological polar surface area (TPSA) is 78.6 Å². The van der Waals surface area contributed by atoms with Crippen molar-refractivity contribution in [3.05, 3.63) is 24.3 Å². The summed E-state index contributed by atoms with van der Waals surface area (Å²) in [7, 11) is 0. The highest BCUT2D eigenvalue weighted by atomic mass is 16.3. The third-order valence-corrected chi connectivity index (χ3v) is 2.79. The average molecular weight is 235 g/mol. The SMILES string of the molecule is Nc1cccc(NC(=O)CN2CC[C@@H](O)C2)c1. The van der Waals surface area contributed by atoms with Crippen LogP contribution in [-0.4, -0.2) is 41.7 Å². The Bertz CT molecular complexity index is 408. The van der Waals surface area contributed by atoms with Gasteiger partial charge in [-0.3, -0.25) is 9.69 Å². The molecule has 1 aliphatic heterocycles. The van der Waals surface area contributed by atoms with Crippen LogP contribution in [0.15, 0.2) is 24.3 Å². The number of aliphatic hydroxyl groups excluding tert-OH is 1. The number of carbonyl (C=O) groups is 1. The minimum atomic E-state index is -0.296. The summed E-state index contributed by atoms with van der Waals surface area (Å²) in [5, 5.41) is 12.1. The Morgan fingerprint density at radius 1 is 1.59 bits per heavy atom. The van der Waals surface area contributed by atoms with Crippen LogP contribution in [0.3, 0.4) is 0 Å². The molecular formula is C12H17N3O2.